The predicted molar refractivity (Wildman–Crippen MR) is 87.3 cm³/mol. The van der Waals surface area contributed by atoms with Crippen molar-refractivity contribution in [3.8, 4) is 5.75 Å². The second kappa shape index (κ2) is 7.66. The van der Waals surface area contributed by atoms with Crippen LogP contribution in [0, 0.1) is 0 Å². The van der Waals surface area contributed by atoms with Crippen LogP contribution in [0.1, 0.15) is 10.8 Å². The fourth-order valence-corrected chi connectivity index (χ4v) is 3.38. The highest BCUT2D eigenvalue weighted by molar-refractivity contribution is 8.14. The van der Waals surface area contributed by atoms with Crippen molar-refractivity contribution in [3.63, 3.8) is 0 Å². The highest BCUT2D eigenvalue weighted by Gasteiger charge is 2.23. The molecule has 0 fully saturated rings. The average molecular weight is 319 g/mol. The first-order valence-electron chi connectivity index (χ1n) is 6.11. The summed E-state index contributed by atoms with van der Waals surface area (Å²) in [6, 6.07) is 18.2. The second-order valence-corrected chi connectivity index (χ2v) is 5.91. The van der Waals surface area contributed by atoms with Crippen molar-refractivity contribution >= 4 is 32.6 Å². The lowest BCUT2D eigenvalue weighted by Gasteiger charge is -2.05. The number of aromatic hydroxyl groups is 1. The monoisotopic (exact) mass is 319 g/mol. The van der Waals surface area contributed by atoms with Gasteiger partial charge in [-0.2, -0.15) is 8.42 Å². The van der Waals surface area contributed by atoms with Gasteiger partial charge in [0.1, 0.15) is 5.75 Å². The SMILES string of the molecule is O=S(=O)=C1N=CSC1c1ccccc1.Oc1ccccc1. The molecule has 1 unspecified atom stereocenters. The van der Waals surface area contributed by atoms with E-state index in [1.807, 2.05) is 36.4 Å². The topological polar surface area (TPSA) is 66.7 Å². The van der Waals surface area contributed by atoms with Gasteiger partial charge < -0.3 is 5.11 Å². The maximum absolute atomic E-state index is 10.8. The first-order valence-corrected chi connectivity index (χ1v) is 8.13. The van der Waals surface area contributed by atoms with Crippen molar-refractivity contribution < 1.29 is 13.5 Å². The summed E-state index contributed by atoms with van der Waals surface area (Å²) in [6.45, 7) is 0. The maximum Gasteiger partial charge on any atom is 0.237 e. The third-order valence-corrected chi connectivity index (χ3v) is 4.46. The van der Waals surface area contributed by atoms with Crippen molar-refractivity contribution in [3.05, 3.63) is 66.2 Å². The Kier molecular flexibility index (Phi) is 5.59. The smallest absolute Gasteiger partial charge is 0.237 e. The van der Waals surface area contributed by atoms with E-state index in [0.717, 1.165) is 5.56 Å². The minimum atomic E-state index is -2.22. The van der Waals surface area contributed by atoms with Crippen LogP contribution in [0.5, 0.6) is 5.75 Å². The number of nitrogens with zero attached hydrogens (tertiary/aromatic N) is 1. The van der Waals surface area contributed by atoms with Gasteiger partial charge in [-0.3, -0.25) is 0 Å². The number of rotatable bonds is 1. The molecule has 0 aliphatic carbocycles. The lowest BCUT2D eigenvalue weighted by Crippen LogP contribution is -2.02. The molecule has 1 aliphatic heterocycles. The molecule has 1 N–H and O–H groups in total. The molecule has 0 aromatic heterocycles. The Morgan fingerprint density at radius 3 is 2.00 bits per heavy atom. The van der Waals surface area contributed by atoms with Gasteiger partial charge in [0, 0.05) is 0 Å². The predicted octanol–water partition coefficient (Wildman–Crippen LogP) is 2.90. The lowest BCUT2D eigenvalue weighted by atomic mass is 10.1. The second-order valence-electron chi connectivity index (χ2n) is 4.07. The zero-order valence-corrected chi connectivity index (χ0v) is 12.6. The molecule has 0 saturated heterocycles. The number of hydrogen-bond acceptors (Lipinski definition) is 4. The van der Waals surface area contributed by atoms with Crippen LogP contribution in [0.3, 0.4) is 0 Å². The summed E-state index contributed by atoms with van der Waals surface area (Å²) in [4.78, 5) is 4.04. The number of thioether (sulfide) groups is 1. The van der Waals surface area contributed by atoms with Gasteiger partial charge in [-0.15, -0.1) is 0 Å². The third-order valence-electron chi connectivity index (χ3n) is 2.63. The van der Waals surface area contributed by atoms with Gasteiger partial charge in [-0.25, -0.2) is 4.99 Å². The molecule has 6 heteroatoms. The largest absolute Gasteiger partial charge is 0.508 e. The molecule has 1 atom stereocenters. The van der Waals surface area contributed by atoms with Gasteiger partial charge in [-0.1, -0.05) is 60.3 Å². The van der Waals surface area contributed by atoms with Crippen LogP contribution in [0.4, 0.5) is 0 Å². The van der Waals surface area contributed by atoms with E-state index < -0.39 is 10.3 Å². The molecular weight excluding hydrogens is 306 g/mol. The Hall–Kier alpha value is -2.05. The molecule has 3 rings (SSSR count). The molecule has 2 aromatic carbocycles. The molecule has 2 aromatic rings. The van der Waals surface area contributed by atoms with Crippen LogP contribution in [0.2, 0.25) is 0 Å². The first kappa shape index (κ1) is 15.3. The summed E-state index contributed by atoms with van der Waals surface area (Å²) < 4.78 is 21.6. The molecule has 0 saturated carbocycles. The number of aliphatic imine (C=N–C) groups is 1. The minimum Gasteiger partial charge on any atom is -0.508 e. The zero-order chi connectivity index (χ0) is 15.1. The molecule has 1 aliphatic rings. The zero-order valence-electron chi connectivity index (χ0n) is 11.0. The van der Waals surface area contributed by atoms with Gasteiger partial charge in [-0.05, 0) is 17.7 Å². The minimum absolute atomic E-state index is 0.172. The van der Waals surface area contributed by atoms with E-state index in [4.69, 9.17) is 5.11 Å². The molecular formula is C15H13NO3S2. The van der Waals surface area contributed by atoms with Crippen LogP contribution in [-0.2, 0) is 10.3 Å². The van der Waals surface area contributed by atoms with E-state index in [9.17, 15) is 8.42 Å². The number of benzene rings is 2. The van der Waals surface area contributed by atoms with E-state index in [2.05, 4.69) is 4.99 Å². The Morgan fingerprint density at radius 2 is 1.52 bits per heavy atom. The standard InChI is InChI=1S/C9H7NO2S2.C6H6O/c11-14(12)9-8(13-6-10-9)7-4-2-1-3-5-7;7-6-4-2-1-3-5-6/h1-6,8H;1-5,7H. The Bertz CT molecular complexity index is 733. The summed E-state index contributed by atoms with van der Waals surface area (Å²) in [7, 11) is -2.22. The van der Waals surface area contributed by atoms with Gasteiger partial charge in [0.2, 0.25) is 10.3 Å². The van der Waals surface area contributed by atoms with Crippen molar-refractivity contribution in [2.45, 2.75) is 5.25 Å². The van der Waals surface area contributed by atoms with E-state index in [0.29, 0.717) is 5.75 Å². The van der Waals surface area contributed by atoms with Crippen molar-refractivity contribution in [1.29, 1.82) is 0 Å². The van der Waals surface area contributed by atoms with Crippen molar-refractivity contribution in [2.24, 2.45) is 4.99 Å². The Balaban J connectivity index is 0.000000194. The van der Waals surface area contributed by atoms with Crippen molar-refractivity contribution in [2.75, 3.05) is 0 Å². The molecule has 0 radical (unpaired) electrons. The number of para-hydroxylation sites is 1. The Labute approximate surface area is 128 Å². The van der Waals surface area contributed by atoms with Gasteiger partial charge in [0.05, 0.1) is 10.8 Å². The summed E-state index contributed by atoms with van der Waals surface area (Å²) in [6.07, 6.45) is 0. The van der Waals surface area contributed by atoms with Crippen molar-refractivity contribution in [1.82, 2.24) is 0 Å². The number of hydrogen-bond donors (Lipinski definition) is 1. The third kappa shape index (κ3) is 4.47. The van der Waals surface area contributed by atoms with Crippen LogP contribution in [0.25, 0.3) is 0 Å². The fraction of sp³-hybridized carbons (Fsp3) is 0.0667. The Morgan fingerprint density at radius 1 is 0.952 bits per heavy atom. The molecule has 0 bridgehead atoms. The molecule has 108 valence electrons. The van der Waals surface area contributed by atoms with E-state index >= 15 is 0 Å². The molecule has 0 amide bonds. The van der Waals surface area contributed by atoms with E-state index in [-0.39, 0.29) is 10.2 Å². The highest BCUT2D eigenvalue weighted by atomic mass is 32.2. The molecule has 1 heterocycles. The molecule has 21 heavy (non-hydrogen) atoms. The summed E-state index contributed by atoms with van der Waals surface area (Å²) in [5, 5.41) is 8.46. The summed E-state index contributed by atoms with van der Waals surface area (Å²) in [5.74, 6) is 0.322. The van der Waals surface area contributed by atoms with Gasteiger partial charge in [0.15, 0.2) is 4.99 Å². The number of phenols is 1. The van der Waals surface area contributed by atoms with Gasteiger partial charge in [0.25, 0.3) is 0 Å². The average Bonchev–Trinajstić information content (AvgIpc) is 2.99. The van der Waals surface area contributed by atoms with Crippen LogP contribution >= 0.6 is 11.8 Å². The lowest BCUT2D eigenvalue weighted by molar-refractivity contribution is 0.475. The quantitative estimate of drug-likeness (QED) is 0.821. The molecule has 4 nitrogen and oxygen atoms in total. The fourth-order valence-electron chi connectivity index (χ4n) is 1.68. The van der Waals surface area contributed by atoms with Gasteiger partial charge >= 0.3 is 0 Å². The van der Waals surface area contributed by atoms with Crippen LogP contribution in [0.15, 0.2) is 65.7 Å². The summed E-state index contributed by atoms with van der Waals surface area (Å²) >= 11 is 1.41. The van der Waals surface area contributed by atoms with E-state index in [1.165, 1.54) is 11.8 Å². The van der Waals surface area contributed by atoms with Crippen LogP contribution in [-0.4, -0.2) is 24.1 Å². The first-order chi connectivity index (χ1) is 10.2. The highest BCUT2D eigenvalue weighted by Crippen LogP contribution is 2.32. The normalized spacial score (nSPS) is 16.2. The summed E-state index contributed by atoms with van der Waals surface area (Å²) in [5.41, 5.74) is 2.54. The van der Waals surface area contributed by atoms with E-state index in [1.54, 1.807) is 29.8 Å². The maximum atomic E-state index is 10.8. The number of phenolic OH excluding ortho intramolecular Hbond substituents is 1. The van der Waals surface area contributed by atoms with Crippen LogP contribution < -0.4 is 0 Å². The molecule has 0 spiro atoms.